The first-order valence-corrected chi connectivity index (χ1v) is 6.36. The summed E-state index contributed by atoms with van der Waals surface area (Å²) in [6.45, 7) is 4.40. The van der Waals surface area contributed by atoms with E-state index in [1.807, 2.05) is 6.92 Å². The van der Waals surface area contributed by atoms with Gasteiger partial charge in [0.15, 0.2) is 5.13 Å². The van der Waals surface area contributed by atoms with E-state index in [9.17, 15) is 4.79 Å². The van der Waals surface area contributed by atoms with Gasteiger partial charge in [0, 0.05) is 24.2 Å². The number of ether oxygens (including phenoxy) is 1. The van der Waals surface area contributed by atoms with Crippen LogP contribution in [0.5, 0.6) is 0 Å². The van der Waals surface area contributed by atoms with Crippen molar-refractivity contribution in [1.82, 2.24) is 9.88 Å². The molecule has 2 rings (SSSR count). The molecule has 1 aliphatic rings. The summed E-state index contributed by atoms with van der Waals surface area (Å²) in [5.74, 6) is -0.121. The Labute approximate surface area is 105 Å². The molecule has 0 spiro atoms. The van der Waals surface area contributed by atoms with Crippen molar-refractivity contribution < 1.29 is 9.53 Å². The minimum Gasteiger partial charge on any atom is -0.469 e. The van der Waals surface area contributed by atoms with Crippen LogP contribution in [0.2, 0.25) is 0 Å². The van der Waals surface area contributed by atoms with Gasteiger partial charge in [-0.3, -0.25) is 9.69 Å². The normalized spacial score (nSPS) is 25.1. The molecule has 94 valence electrons. The first-order valence-electron chi connectivity index (χ1n) is 5.54. The standard InChI is InChI=1S/C11H17N3O2S/c1-11(9(15)16-2)3-4-14(7-11)6-8-5-13-10(12)17-8/h5H,3-4,6-7H2,1-2H3,(H2,12,13). The number of nitrogens with two attached hydrogens (primary N) is 1. The number of anilines is 1. The molecule has 0 aromatic carbocycles. The van der Waals surface area contributed by atoms with E-state index in [4.69, 9.17) is 10.5 Å². The van der Waals surface area contributed by atoms with Gasteiger partial charge in [-0.25, -0.2) is 4.98 Å². The highest BCUT2D eigenvalue weighted by Crippen LogP contribution is 2.32. The molecule has 6 heteroatoms. The number of hydrogen-bond donors (Lipinski definition) is 1. The maximum absolute atomic E-state index is 11.7. The van der Waals surface area contributed by atoms with E-state index in [-0.39, 0.29) is 11.4 Å². The molecule has 17 heavy (non-hydrogen) atoms. The molecule has 1 aromatic heterocycles. The minimum atomic E-state index is -0.370. The number of nitrogens with zero attached hydrogens (tertiary/aromatic N) is 2. The molecule has 2 heterocycles. The Hall–Kier alpha value is -1.14. The molecule has 1 fully saturated rings. The zero-order valence-corrected chi connectivity index (χ0v) is 10.9. The van der Waals surface area contributed by atoms with Crippen LogP contribution in [-0.2, 0) is 16.1 Å². The zero-order valence-electron chi connectivity index (χ0n) is 10.1. The molecule has 1 unspecified atom stereocenters. The highest BCUT2D eigenvalue weighted by atomic mass is 32.1. The van der Waals surface area contributed by atoms with Crippen molar-refractivity contribution in [2.75, 3.05) is 25.9 Å². The third-order valence-corrected chi connectivity index (χ3v) is 3.99. The Kier molecular flexibility index (Phi) is 3.35. The average Bonchev–Trinajstić information content (AvgIpc) is 2.86. The first-order chi connectivity index (χ1) is 8.03. The van der Waals surface area contributed by atoms with Gasteiger partial charge in [0.25, 0.3) is 0 Å². The van der Waals surface area contributed by atoms with Gasteiger partial charge in [0.2, 0.25) is 0 Å². The van der Waals surface area contributed by atoms with Gasteiger partial charge >= 0.3 is 5.97 Å². The fraction of sp³-hybridized carbons (Fsp3) is 0.636. The lowest BCUT2D eigenvalue weighted by Crippen LogP contribution is -2.32. The second kappa shape index (κ2) is 4.62. The minimum absolute atomic E-state index is 0.121. The van der Waals surface area contributed by atoms with Gasteiger partial charge in [0.1, 0.15) is 0 Å². The van der Waals surface area contributed by atoms with Gasteiger partial charge in [-0.05, 0) is 19.9 Å². The van der Waals surface area contributed by atoms with Gasteiger partial charge in [-0.1, -0.05) is 0 Å². The number of methoxy groups -OCH3 is 1. The van der Waals surface area contributed by atoms with Gasteiger partial charge in [-0.15, -0.1) is 11.3 Å². The molecule has 0 saturated carbocycles. The zero-order chi connectivity index (χ0) is 12.5. The van der Waals surface area contributed by atoms with E-state index in [0.717, 1.165) is 30.9 Å². The second-order valence-corrected chi connectivity index (χ2v) is 5.82. The summed E-state index contributed by atoms with van der Waals surface area (Å²) in [5.41, 5.74) is 5.22. The number of thiazole rings is 1. The monoisotopic (exact) mass is 255 g/mol. The van der Waals surface area contributed by atoms with Crippen LogP contribution in [0.4, 0.5) is 5.13 Å². The number of rotatable bonds is 3. The number of esters is 1. The van der Waals surface area contributed by atoms with Crippen molar-refractivity contribution >= 4 is 22.4 Å². The molecule has 1 aliphatic heterocycles. The largest absolute Gasteiger partial charge is 0.469 e. The van der Waals surface area contributed by atoms with Crippen molar-refractivity contribution in [1.29, 1.82) is 0 Å². The fourth-order valence-corrected chi connectivity index (χ4v) is 2.95. The quantitative estimate of drug-likeness (QED) is 0.819. The maximum atomic E-state index is 11.7. The molecule has 1 aromatic rings. The third-order valence-electron chi connectivity index (χ3n) is 3.18. The maximum Gasteiger partial charge on any atom is 0.312 e. The molecule has 0 bridgehead atoms. The second-order valence-electron chi connectivity index (χ2n) is 4.68. The van der Waals surface area contributed by atoms with Crippen LogP contribution in [0.1, 0.15) is 18.2 Å². The molecule has 0 amide bonds. The number of carbonyl (C=O) groups excluding carboxylic acids is 1. The highest BCUT2D eigenvalue weighted by Gasteiger charge is 2.41. The number of aromatic nitrogens is 1. The molecule has 5 nitrogen and oxygen atoms in total. The van der Waals surface area contributed by atoms with E-state index in [1.54, 1.807) is 6.20 Å². The number of likely N-dealkylation sites (tertiary alicyclic amines) is 1. The van der Waals surface area contributed by atoms with Crippen molar-refractivity contribution in [3.63, 3.8) is 0 Å². The molecular weight excluding hydrogens is 238 g/mol. The molecule has 0 aliphatic carbocycles. The number of hydrogen-bond acceptors (Lipinski definition) is 6. The molecule has 1 saturated heterocycles. The average molecular weight is 255 g/mol. The lowest BCUT2D eigenvalue weighted by atomic mass is 9.90. The van der Waals surface area contributed by atoms with Crippen LogP contribution in [0.15, 0.2) is 6.20 Å². The summed E-state index contributed by atoms with van der Waals surface area (Å²) < 4.78 is 4.84. The summed E-state index contributed by atoms with van der Waals surface area (Å²) in [6.07, 6.45) is 2.64. The van der Waals surface area contributed by atoms with Crippen molar-refractivity contribution in [2.45, 2.75) is 19.9 Å². The lowest BCUT2D eigenvalue weighted by Gasteiger charge is -2.21. The molecule has 1 atom stereocenters. The Morgan fingerprint density at radius 2 is 2.53 bits per heavy atom. The van der Waals surface area contributed by atoms with Crippen LogP contribution in [0.3, 0.4) is 0 Å². The Morgan fingerprint density at radius 1 is 1.76 bits per heavy atom. The van der Waals surface area contributed by atoms with E-state index in [1.165, 1.54) is 18.4 Å². The summed E-state index contributed by atoms with van der Waals surface area (Å²) in [5, 5.41) is 0.593. The predicted molar refractivity (Wildman–Crippen MR) is 66.5 cm³/mol. The summed E-state index contributed by atoms with van der Waals surface area (Å²) in [7, 11) is 1.44. The van der Waals surface area contributed by atoms with Gasteiger partial charge < -0.3 is 10.5 Å². The van der Waals surface area contributed by atoms with Crippen molar-refractivity contribution in [3.05, 3.63) is 11.1 Å². The predicted octanol–water partition coefficient (Wildman–Crippen LogP) is 1.11. The van der Waals surface area contributed by atoms with Crippen LogP contribution in [0, 0.1) is 5.41 Å². The highest BCUT2D eigenvalue weighted by molar-refractivity contribution is 7.15. The third kappa shape index (κ3) is 2.58. The molecule has 2 N–H and O–H groups in total. The van der Waals surface area contributed by atoms with E-state index < -0.39 is 0 Å². The molecule has 0 radical (unpaired) electrons. The summed E-state index contributed by atoms with van der Waals surface area (Å²) >= 11 is 1.50. The van der Waals surface area contributed by atoms with E-state index in [0.29, 0.717) is 5.13 Å². The Bertz CT molecular complexity index is 421. The van der Waals surface area contributed by atoms with E-state index in [2.05, 4.69) is 9.88 Å². The first kappa shape index (κ1) is 12.3. The number of nitrogen functional groups attached to an aromatic ring is 1. The van der Waals surface area contributed by atoms with Gasteiger partial charge in [-0.2, -0.15) is 0 Å². The van der Waals surface area contributed by atoms with Crippen LogP contribution >= 0.6 is 11.3 Å². The van der Waals surface area contributed by atoms with Crippen molar-refractivity contribution in [2.24, 2.45) is 5.41 Å². The van der Waals surface area contributed by atoms with Crippen molar-refractivity contribution in [3.8, 4) is 0 Å². The lowest BCUT2D eigenvalue weighted by molar-refractivity contribution is -0.151. The Balaban J connectivity index is 1.96. The smallest absolute Gasteiger partial charge is 0.312 e. The van der Waals surface area contributed by atoms with E-state index >= 15 is 0 Å². The van der Waals surface area contributed by atoms with Gasteiger partial charge in [0.05, 0.1) is 12.5 Å². The topological polar surface area (TPSA) is 68.5 Å². The van der Waals surface area contributed by atoms with Crippen LogP contribution < -0.4 is 5.73 Å². The molecular formula is C11H17N3O2S. The van der Waals surface area contributed by atoms with Crippen LogP contribution in [0.25, 0.3) is 0 Å². The summed E-state index contributed by atoms with van der Waals surface area (Å²) in [6, 6.07) is 0. The van der Waals surface area contributed by atoms with Crippen LogP contribution in [-0.4, -0.2) is 36.1 Å². The fourth-order valence-electron chi connectivity index (χ4n) is 2.22. The number of carbonyl (C=O) groups is 1. The summed E-state index contributed by atoms with van der Waals surface area (Å²) in [4.78, 5) is 19.1. The Morgan fingerprint density at radius 3 is 3.12 bits per heavy atom. The SMILES string of the molecule is COC(=O)C1(C)CCN(Cc2cnc(N)s2)C1.